The van der Waals surface area contributed by atoms with Crippen LogP contribution in [0.4, 0.5) is 0 Å². The quantitative estimate of drug-likeness (QED) is 0.0198. The zero-order chi connectivity index (χ0) is 44.9. The van der Waals surface area contributed by atoms with Gasteiger partial charge in [0.15, 0.2) is 12.4 Å². The van der Waals surface area contributed by atoms with E-state index in [0.29, 0.717) is 23.9 Å². The molecule has 0 rings (SSSR count). The highest BCUT2D eigenvalue weighted by molar-refractivity contribution is 5.70. The first-order valence-corrected chi connectivity index (χ1v) is 22.7. The summed E-state index contributed by atoms with van der Waals surface area (Å²) in [4.78, 5) is 37.0. The lowest BCUT2D eigenvalue weighted by atomic mass is 10.1. The summed E-state index contributed by atoms with van der Waals surface area (Å²) in [5.41, 5.74) is 0. The third-order valence-corrected chi connectivity index (χ3v) is 8.72. The van der Waals surface area contributed by atoms with Gasteiger partial charge in [-0.1, -0.05) is 148 Å². The van der Waals surface area contributed by atoms with Crippen LogP contribution in [0.5, 0.6) is 0 Å². The number of hydrogen-bond donors (Lipinski definition) is 0. The van der Waals surface area contributed by atoms with E-state index in [0.717, 1.165) is 89.9 Å². The third kappa shape index (κ3) is 43.6. The molecule has 0 aromatic rings. The number of carbonyl (C=O) groups is 3. The number of nitrogens with zero attached hydrogens (tertiary/aromatic N) is 1. The number of allylic oxidation sites excluding steroid dienone is 20. The van der Waals surface area contributed by atoms with E-state index in [1.54, 1.807) is 0 Å². The van der Waals surface area contributed by atoms with Crippen LogP contribution in [-0.2, 0) is 33.3 Å². The maximum absolute atomic E-state index is 12.7. The minimum Gasteiger partial charge on any atom is -0.545 e. The van der Waals surface area contributed by atoms with E-state index < -0.39 is 30.3 Å². The van der Waals surface area contributed by atoms with Crippen LogP contribution in [0.15, 0.2) is 122 Å². The minimum absolute atomic E-state index is 0.109. The molecule has 9 heteroatoms. The summed E-state index contributed by atoms with van der Waals surface area (Å²) < 4.78 is 22.4. The van der Waals surface area contributed by atoms with Crippen molar-refractivity contribution in [1.82, 2.24) is 0 Å². The minimum atomic E-state index is -1.65. The van der Waals surface area contributed by atoms with E-state index in [1.165, 1.54) is 0 Å². The number of esters is 2. The summed E-state index contributed by atoms with van der Waals surface area (Å²) in [5, 5.41) is 11.7. The number of likely N-dealkylation sites (N-methyl/N-ethyl adjacent to an activating group) is 1. The Morgan fingerprint density at radius 1 is 0.492 bits per heavy atom. The fourth-order valence-electron chi connectivity index (χ4n) is 5.25. The van der Waals surface area contributed by atoms with Crippen molar-refractivity contribution in [1.29, 1.82) is 0 Å². The Labute approximate surface area is 370 Å². The number of carboxylic acid groups (broad SMARTS) is 1. The summed E-state index contributed by atoms with van der Waals surface area (Å²) in [6, 6.07) is 0. The number of aliphatic carboxylic acids is 1. The van der Waals surface area contributed by atoms with Crippen molar-refractivity contribution in [3.8, 4) is 0 Å². The van der Waals surface area contributed by atoms with Gasteiger partial charge in [-0.3, -0.25) is 9.59 Å². The van der Waals surface area contributed by atoms with E-state index >= 15 is 0 Å². The molecule has 0 aliphatic rings. The lowest BCUT2D eigenvalue weighted by Gasteiger charge is -2.26. The lowest BCUT2D eigenvalue weighted by Crippen LogP contribution is -2.44. The molecule has 0 amide bonds. The maximum atomic E-state index is 12.7. The second kappa shape index (κ2) is 42.4. The molecule has 2 unspecified atom stereocenters. The van der Waals surface area contributed by atoms with Crippen LogP contribution in [0.1, 0.15) is 129 Å². The molecule has 0 aliphatic heterocycles. The van der Waals surface area contributed by atoms with Crippen molar-refractivity contribution in [2.45, 2.75) is 142 Å². The van der Waals surface area contributed by atoms with Gasteiger partial charge in [-0.25, -0.2) is 0 Å². The summed E-state index contributed by atoms with van der Waals surface area (Å²) in [7, 11) is 5.86. The zero-order valence-corrected chi connectivity index (χ0v) is 38.5. The highest BCUT2D eigenvalue weighted by Crippen LogP contribution is 2.10. The Balaban J connectivity index is 4.64. The molecule has 2 atom stereocenters. The molecule has 0 bridgehead atoms. The molecule has 0 saturated heterocycles. The molecule has 0 aromatic carbocycles. The molecule has 61 heavy (non-hydrogen) atoms. The van der Waals surface area contributed by atoms with Crippen LogP contribution in [0, 0.1) is 0 Å². The van der Waals surface area contributed by atoms with Crippen LogP contribution in [0.3, 0.4) is 0 Å². The highest BCUT2D eigenvalue weighted by Gasteiger charge is 2.21. The van der Waals surface area contributed by atoms with Gasteiger partial charge in [-0.15, -0.1) is 0 Å². The topological polar surface area (TPSA) is 111 Å². The second-order valence-corrected chi connectivity index (χ2v) is 15.6. The van der Waals surface area contributed by atoms with E-state index in [-0.39, 0.29) is 32.7 Å². The Kier molecular flexibility index (Phi) is 39.4. The van der Waals surface area contributed by atoms with Gasteiger partial charge in [0.1, 0.15) is 13.2 Å². The van der Waals surface area contributed by atoms with Crippen LogP contribution >= 0.6 is 0 Å². The van der Waals surface area contributed by atoms with Crippen LogP contribution in [0.25, 0.3) is 0 Å². The van der Waals surface area contributed by atoms with Gasteiger partial charge in [-0.2, -0.15) is 0 Å². The fraction of sp³-hybridized carbons (Fsp3) is 0.558. The molecule has 0 fully saturated rings. The Hall–Kier alpha value is -4.31. The summed E-state index contributed by atoms with van der Waals surface area (Å²) in [6.45, 7) is 4.35. The highest BCUT2D eigenvalue weighted by atomic mass is 16.7. The molecule has 0 radical (unpaired) electrons. The SMILES string of the molecule is CC/C=C\C/C=C\C/C=C\C/C=C\C/C=C\C/C=C\CCC(=O)OC(COC(=O)CCCCCC/C=C\C/C=C\C/C=C\C/C=C\CC)COC(OCC[N+](C)(C)C)C(=O)[O-]. The Morgan fingerprint density at radius 3 is 1.36 bits per heavy atom. The smallest absolute Gasteiger partial charge is 0.306 e. The molecule has 9 nitrogen and oxygen atoms in total. The van der Waals surface area contributed by atoms with Crippen molar-refractivity contribution in [3.63, 3.8) is 0 Å². The monoisotopic (exact) mass is 848 g/mol. The number of rotatable bonds is 39. The standard InChI is InChI=1S/C52H81NO8/c1-6-8-10-12-14-16-18-20-22-24-25-27-29-31-33-35-37-39-41-43-50(55)61-48(47-60-52(51(56)57)58-45-44-53(3,4)5)46-59-49(54)42-40-38-36-34-32-30-28-26-23-21-19-17-15-13-11-9-7-2/h8-11,14-17,20-23,25,27-28,30-31,33,37,39,48,52H,6-7,12-13,18-19,24,26,29,32,34-36,38,40-47H2,1-5H3/b10-8-,11-9-,16-14-,17-15-,22-20-,23-21-,27-25-,30-28-,33-31-,39-37-. The number of unbranched alkanes of at least 4 members (excludes halogenated alkanes) is 4. The fourth-order valence-corrected chi connectivity index (χ4v) is 5.25. The maximum Gasteiger partial charge on any atom is 0.306 e. The van der Waals surface area contributed by atoms with Crippen molar-refractivity contribution in [2.24, 2.45) is 0 Å². The average Bonchev–Trinajstić information content (AvgIpc) is 3.22. The van der Waals surface area contributed by atoms with Gasteiger partial charge < -0.3 is 33.3 Å². The molecule has 0 aromatic heterocycles. The second-order valence-electron chi connectivity index (χ2n) is 15.6. The molecular formula is C52H81NO8. The predicted molar refractivity (Wildman–Crippen MR) is 250 cm³/mol. The van der Waals surface area contributed by atoms with E-state index in [1.807, 2.05) is 33.3 Å². The van der Waals surface area contributed by atoms with Crippen molar-refractivity contribution >= 4 is 17.9 Å². The average molecular weight is 848 g/mol. The van der Waals surface area contributed by atoms with Gasteiger partial charge in [0, 0.05) is 12.8 Å². The molecule has 0 heterocycles. The molecular weight excluding hydrogens is 767 g/mol. The van der Waals surface area contributed by atoms with Crippen LogP contribution in [0.2, 0.25) is 0 Å². The summed E-state index contributed by atoms with van der Waals surface area (Å²) >= 11 is 0. The number of hydrogen-bond acceptors (Lipinski definition) is 8. The van der Waals surface area contributed by atoms with Crippen LogP contribution < -0.4 is 5.11 Å². The van der Waals surface area contributed by atoms with Gasteiger partial charge in [0.25, 0.3) is 0 Å². The number of quaternary nitrogens is 1. The zero-order valence-electron chi connectivity index (χ0n) is 38.5. The Bertz CT molecular complexity index is 1410. The normalized spacial score (nSPS) is 14.0. The van der Waals surface area contributed by atoms with Gasteiger partial charge in [0.05, 0.1) is 40.3 Å². The molecule has 0 spiro atoms. The van der Waals surface area contributed by atoms with Crippen molar-refractivity contribution in [3.05, 3.63) is 122 Å². The molecule has 0 aliphatic carbocycles. The summed E-state index contributed by atoms with van der Waals surface area (Å²) in [6.07, 6.45) is 55.3. The van der Waals surface area contributed by atoms with Gasteiger partial charge in [-0.05, 0) is 89.9 Å². The van der Waals surface area contributed by atoms with E-state index in [4.69, 9.17) is 18.9 Å². The number of carbonyl (C=O) groups excluding carboxylic acids is 3. The van der Waals surface area contributed by atoms with Crippen LogP contribution in [-0.4, -0.2) is 82.3 Å². The summed E-state index contributed by atoms with van der Waals surface area (Å²) in [5.74, 6) is -2.45. The first kappa shape index (κ1) is 56.7. The van der Waals surface area contributed by atoms with Crippen molar-refractivity contribution < 1.29 is 42.9 Å². The van der Waals surface area contributed by atoms with E-state index in [2.05, 4.69) is 123 Å². The number of carboxylic acids is 1. The molecule has 0 N–H and O–H groups in total. The molecule has 342 valence electrons. The molecule has 0 saturated carbocycles. The first-order chi connectivity index (χ1) is 29.6. The Morgan fingerprint density at radius 2 is 0.918 bits per heavy atom. The van der Waals surface area contributed by atoms with Crippen molar-refractivity contribution in [2.75, 3.05) is 47.5 Å². The largest absolute Gasteiger partial charge is 0.545 e. The van der Waals surface area contributed by atoms with E-state index in [9.17, 15) is 19.5 Å². The number of ether oxygens (including phenoxy) is 4. The third-order valence-electron chi connectivity index (χ3n) is 8.72. The van der Waals surface area contributed by atoms with Gasteiger partial charge in [0.2, 0.25) is 0 Å². The lowest BCUT2D eigenvalue weighted by molar-refractivity contribution is -0.870. The predicted octanol–water partition coefficient (Wildman–Crippen LogP) is 10.9. The first-order valence-electron chi connectivity index (χ1n) is 22.7. The van der Waals surface area contributed by atoms with Gasteiger partial charge >= 0.3 is 11.9 Å².